The summed E-state index contributed by atoms with van der Waals surface area (Å²) in [6.07, 6.45) is 6.08. The second kappa shape index (κ2) is 4.02. The van der Waals surface area contributed by atoms with Crippen LogP contribution in [0.15, 0.2) is 0 Å². The van der Waals surface area contributed by atoms with Crippen molar-refractivity contribution in [1.82, 2.24) is 9.80 Å². The number of hydrogen-bond donors (Lipinski definition) is 0. The summed E-state index contributed by atoms with van der Waals surface area (Å²) in [4.78, 5) is 4.49. The Morgan fingerprint density at radius 2 is 1.73 bits per heavy atom. The fraction of sp³-hybridized carbons (Fsp3) is 0.917. The van der Waals surface area contributed by atoms with E-state index < -0.39 is 0 Å². The summed E-state index contributed by atoms with van der Waals surface area (Å²) in [5.41, 5.74) is 0.473. The number of rotatable bonds is 1. The van der Waals surface area contributed by atoms with Crippen molar-refractivity contribution >= 4 is 0 Å². The molecule has 2 saturated heterocycles. The van der Waals surface area contributed by atoms with Crippen molar-refractivity contribution in [2.24, 2.45) is 5.41 Å². The van der Waals surface area contributed by atoms with E-state index in [4.69, 9.17) is 5.26 Å². The fourth-order valence-electron chi connectivity index (χ4n) is 2.94. The molecule has 2 aliphatic heterocycles. The molecule has 2 fully saturated rings. The van der Waals surface area contributed by atoms with Crippen molar-refractivity contribution in [3.05, 3.63) is 0 Å². The highest BCUT2D eigenvalue weighted by atomic mass is 15.2. The lowest BCUT2D eigenvalue weighted by Gasteiger charge is -2.40. The summed E-state index contributed by atoms with van der Waals surface area (Å²) in [6, 6.07) is 0.677. The molecule has 0 aromatic rings. The second-order valence-corrected chi connectivity index (χ2v) is 5.40. The van der Waals surface area contributed by atoms with Crippen molar-refractivity contribution in [2.45, 2.75) is 39.2 Å². The lowest BCUT2D eigenvalue weighted by Crippen LogP contribution is -2.44. The highest BCUT2D eigenvalue weighted by Crippen LogP contribution is 2.40. The van der Waals surface area contributed by atoms with E-state index in [9.17, 15) is 0 Å². The van der Waals surface area contributed by atoms with Gasteiger partial charge in [0.2, 0.25) is 0 Å². The molecule has 84 valence electrons. The Labute approximate surface area is 92.7 Å². The Bertz CT molecular complexity index is 259. The maximum Gasteiger partial charge on any atom is 0.179 e. The molecule has 3 nitrogen and oxygen atoms in total. The van der Waals surface area contributed by atoms with Crippen molar-refractivity contribution in [3.8, 4) is 6.19 Å². The number of piperidine rings is 1. The van der Waals surface area contributed by atoms with Crippen LogP contribution in [-0.4, -0.2) is 42.0 Å². The average molecular weight is 207 g/mol. The van der Waals surface area contributed by atoms with E-state index in [2.05, 4.69) is 24.9 Å². The molecule has 2 aliphatic rings. The summed E-state index contributed by atoms with van der Waals surface area (Å²) < 4.78 is 0. The molecule has 2 rings (SSSR count). The number of nitriles is 1. The van der Waals surface area contributed by atoms with Crippen molar-refractivity contribution in [1.29, 1.82) is 5.26 Å². The summed E-state index contributed by atoms with van der Waals surface area (Å²) in [5, 5.41) is 8.89. The summed E-state index contributed by atoms with van der Waals surface area (Å²) in [7, 11) is 0. The maximum atomic E-state index is 8.89. The van der Waals surface area contributed by atoms with Gasteiger partial charge in [0.15, 0.2) is 6.19 Å². The minimum absolute atomic E-state index is 0.473. The predicted octanol–water partition coefficient (Wildman–Crippen LogP) is 1.66. The lowest BCUT2D eigenvalue weighted by molar-refractivity contribution is 0.0909. The Morgan fingerprint density at radius 3 is 2.20 bits per heavy atom. The van der Waals surface area contributed by atoms with Gasteiger partial charge >= 0.3 is 0 Å². The average Bonchev–Trinajstić information content (AvgIpc) is 2.62. The molecule has 0 bridgehead atoms. The van der Waals surface area contributed by atoms with Gasteiger partial charge in [0.05, 0.1) is 0 Å². The first-order valence-corrected chi connectivity index (χ1v) is 6.04. The van der Waals surface area contributed by atoms with E-state index in [1.165, 1.54) is 32.4 Å². The van der Waals surface area contributed by atoms with Crippen LogP contribution in [0.1, 0.15) is 33.1 Å². The van der Waals surface area contributed by atoms with E-state index in [1.807, 2.05) is 4.90 Å². The van der Waals surface area contributed by atoms with E-state index >= 15 is 0 Å². The van der Waals surface area contributed by atoms with Crippen LogP contribution < -0.4 is 0 Å². The van der Waals surface area contributed by atoms with Gasteiger partial charge in [0, 0.05) is 19.1 Å². The fourth-order valence-corrected chi connectivity index (χ4v) is 2.94. The molecule has 0 saturated carbocycles. The molecular formula is C12H21N3. The minimum atomic E-state index is 0.473. The van der Waals surface area contributed by atoms with Gasteiger partial charge in [-0.1, -0.05) is 0 Å². The first-order valence-electron chi connectivity index (χ1n) is 6.04. The second-order valence-electron chi connectivity index (χ2n) is 5.40. The summed E-state index contributed by atoms with van der Waals surface area (Å²) in [5.74, 6) is 0. The van der Waals surface area contributed by atoms with Gasteiger partial charge in [-0.3, -0.25) is 0 Å². The van der Waals surface area contributed by atoms with Crippen LogP contribution in [0, 0.1) is 16.9 Å². The molecule has 0 atom stereocenters. The predicted molar refractivity (Wildman–Crippen MR) is 60.2 cm³/mol. The van der Waals surface area contributed by atoms with E-state index in [1.54, 1.807) is 0 Å². The molecule has 0 N–H and O–H groups in total. The third-order valence-electron chi connectivity index (χ3n) is 4.17. The van der Waals surface area contributed by atoms with Crippen molar-refractivity contribution < 1.29 is 0 Å². The van der Waals surface area contributed by atoms with E-state index in [0.29, 0.717) is 11.5 Å². The Morgan fingerprint density at radius 1 is 1.13 bits per heavy atom. The maximum absolute atomic E-state index is 8.89. The Hall–Kier alpha value is -0.750. The molecule has 0 unspecified atom stereocenters. The topological polar surface area (TPSA) is 30.3 Å². The van der Waals surface area contributed by atoms with Gasteiger partial charge in [-0.05, 0) is 51.6 Å². The third-order valence-corrected chi connectivity index (χ3v) is 4.17. The first kappa shape index (κ1) is 10.8. The van der Waals surface area contributed by atoms with Gasteiger partial charge in [-0.25, -0.2) is 0 Å². The summed E-state index contributed by atoms with van der Waals surface area (Å²) >= 11 is 0. The monoisotopic (exact) mass is 207 g/mol. The van der Waals surface area contributed by atoms with Gasteiger partial charge in [0.25, 0.3) is 0 Å². The smallest absolute Gasteiger partial charge is 0.179 e. The van der Waals surface area contributed by atoms with Crippen LogP contribution in [0.2, 0.25) is 0 Å². The molecule has 0 amide bonds. The molecular weight excluding hydrogens is 186 g/mol. The van der Waals surface area contributed by atoms with Crippen LogP contribution in [0.3, 0.4) is 0 Å². The minimum Gasteiger partial charge on any atom is -0.310 e. The molecule has 0 aromatic heterocycles. The van der Waals surface area contributed by atoms with E-state index in [-0.39, 0.29) is 0 Å². The first-order chi connectivity index (χ1) is 7.15. The van der Waals surface area contributed by atoms with Gasteiger partial charge in [0.1, 0.15) is 0 Å². The van der Waals surface area contributed by atoms with Gasteiger partial charge < -0.3 is 9.80 Å². The Kier molecular flexibility index (Phi) is 2.88. The number of nitrogens with zero attached hydrogens (tertiary/aromatic N) is 3. The zero-order valence-electron chi connectivity index (χ0n) is 9.87. The summed E-state index contributed by atoms with van der Waals surface area (Å²) in [6.45, 7) is 8.98. The number of hydrogen-bond acceptors (Lipinski definition) is 3. The molecule has 0 aromatic carbocycles. The number of likely N-dealkylation sites (tertiary alicyclic amines) is 2. The molecule has 0 radical (unpaired) electrons. The van der Waals surface area contributed by atoms with Crippen LogP contribution in [0.5, 0.6) is 0 Å². The van der Waals surface area contributed by atoms with Crippen molar-refractivity contribution in [2.75, 3.05) is 26.2 Å². The lowest BCUT2D eigenvalue weighted by atomic mass is 9.77. The molecule has 1 spiro atoms. The zero-order valence-corrected chi connectivity index (χ0v) is 9.87. The largest absolute Gasteiger partial charge is 0.310 e. The molecule has 15 heavy (non-hydrogen) atoms. The van der Waals surface area contributed by atoms with E-state index in [0.717, 1.165) is 13.1 Å². The highest BCUT2D eigenvalue weighted by Gasteiger charge is 2.40. The SMILES string of the molecule is CC(C)N1CCC2(CCN(C#N)C2)CC1. The Balaban J connectivity index is 1.91. The van der Waals surface area contributed by atoms with Gasteiger partial charge in [-0.15, -0.1) is 0 Å². The van der Waals surface area contributed by atoms with Crippen molar-refractivity contribution in [3.63, 3.8) is 0 Å². The standard InChI is InChI=1S/C12H21N3/c1-11(2)15-7-4-12(5-8-15)3-6-14(9-12)10-13/h11H,3-9H2,1-2H3. The third kappa shape index (κ3) is 2.10. The highest BCUT2D eigenvalue weighted by molar-refractivity contribution is 4.97. The zero-order chi connectivity index (χ0) is 10.9. The molecule has 2 heterocycles. The molecule has 0 aliphatic carbocycles. The van der Waals surface area contributed by atoms with Gasteiger partial charge in [-0.2, -0.15) is 5.26 Å². The van der Waals surface area contributed by atoms with Crippen LogP contribution in [-0.2, 0) is 0 Å². The van der Waals surface area contributed by atoms with Crippen LogP contribution in [0.25, 0.3) is 0 Å². The van der Waals surface area contributed by atoms with Crippen LogP contribution in [0.4, 0.5) is 0 Å². The normalized spacial score (nSPS) is 26.1. The van der Waals surface area contributed by atoms with Crippen LogP contribution >= 0.6 is 0 Å². The molecule has 3 heteroatoms. The quantitative estimate of drug-likeness (QED) is 0.613.